The fourth-order valence-electron chi connectivity index (χ4n) is 2.11. The number of hydrogen-bond donors (Lipinski definition) is 2. The fraction of sp³-hybridized carbons (Fsp3) is 0.357. The molecule has 7 heteroatoms. The molecule has 2 atom stereocenters. The summed E-state index contributed by atoms with van der Waals surface area (Å²) in [5, 5.41) is 8.59. The van der Waals surface area contributed by atoms with Crippen LogP contribution < -0.4 is 4.72 Å². The third-order valence-electron chi connectivity index (χ3n) is 3.27. The second-order valence-electron chi connectivity index (χ2n) is 4.84. The summed E-state index contributed by atoms with van der Waals surface area (Å²) in [6, 6.07) is 5.88. The van der Waals surface area contributed by atoms with E-state index in [0.717, 1.165) is 6.08 Å². The number of ether oxygens (including phenoxy) is 1. The fourth-order valence-corrected chi connectivity index (χ4v) is 3.50. The van der Waals surface area contributed by atoms with Gasteiger partial charge in [0.2, 0.25) is 10.0 Å². The molecule has 2 N–H and O–H groups in total. The first-order valence-corrected chi connectivity index (χ1v) is 8.02. The highest BCUT2D eigenvalue weighted by atomic mass is 32.2. The van der Waals surface area contributed by atoms with E-state index in [1.165, 1.54) is 18.2 Å². The van der Waals surface area contributed by atoms with Gasteiger partial charge in [-0.3, -0.25) is 0 Å². The second kappa shape index (κ2) is 6.38. The zero-order valence-electron chi connectivity index (χ0n) is 11.5. The van der Waals surface area contributed by atoms with Gasteiger partial charge in [-0.1, -0.05) is 12.1 Å². The van der Waals surface area contributed by atoms with E-state index >= 15 is 0 Å². The lowest BCUT2D eigenvalue weighted by atomic mass is 10.2. The van der Waals surface area contributed by atoms with E-state index in [4.69, 9.17) is 9.84 Å². The van der Waals surface area contributed by atoms with Crippen molar-refractivity contribution in [3.05, 3.63) is 35.9 Å². The van der Waals surface area contributed by atoms with Gasteiger partial charge in [-0.25, -0.2) is 17.9 Å². The van der Waals surface area contributed by atoms with Crippen molar-refractivity contribution >= 4 is 22.1 Å². The number of rotatable bonds is 5. The summed E-state index contributed by atoms with van der Waals surface area (Å²) < 4.78 is 32.6. The average molecular weight is 311 g/mol. The number of nitrogens with one attached hydrogen (secondary N) is 1. The molecule has 1 heterocycles. The Kier molecular flexibility index (Phi) is 4.76. The Morgan fingerprint density at radius 2 is 2.24 bits per heavy atom. The van der Waals surface area contributed by atoms with Crippen LogP contribution in [0.1, 0.15) is 18.9 Å². The van der Waals surface area contributed by atoms with Gasteiger partial charge in [0.25, 0.3) is 0 Å². The molecule has 1 aliphatic heterocycles. The highest BCUT2D eigenvalue weighted by molar-refractivity contribution is 7.89. The minimum atomic E-state index is -3.65. The molecule has 1 aromatic rings. The van der Waals surface area contributed by atoms with E-state index in [9.17, 15) is 13.2 Å². The Labute approximate surface area is 123 Å². The van der Waals surface area contributed by atoms with E-state index in [1.54, 1.807) is 12.1 Å². The van der Waals surface area contributed by atoms with Gasteiger partial charge in [-0.05, 0) is 37.1 Å². The minimum Gasteiger partial charge on any atom is -0.478 e. The van der Waals surface area contributed by atoms with Crippen LogP contribution in [0.5, 0.6) is 0 Å². The van der Waals surface area contributed by atoms with E-state index in [1.807, 2.05) is 6.92 Å². The Bertz CT molecular complexity index is 653. The number of hydrogen-bond acceptors (Lipinski definition) is 4. The Morgan fingerprint density at radius 3 is 2.86 bits per heavy atom. The van der Waals surface area contributed by atoms with Crippen LogP contribution >= 0.6 is 0 Å². The van der Waals surface area contributed by atoms with Gasteiger partial charge < -0.3 is 9.84 Å². The first-order chi connectivity index (χ1) is 9.88. The Morgan fingerprint density at radius 1 is 1.48 bits per heavy atom. The molecule has 0 saturated carbocycles. The van der Waals surface area contributed by atoms with Gasteiger partial charge in [0.15, 0.2) is 0 Å². The molecule has 6 nitrogen and oxygen atoms in total. The van der Waals surface area contributed by atoms with Crippen LogP contribution in [0.15, 0.2) is 35.2 Å². The SMILES string of the molecule is CC1OCCC1NS(=O)(=O)c1cccc(/C=C/C(=O)O)c1. The summed E-state index contributed by atoms with van der Waals surface area (Å²) in [5.74, 6) is -1.08. The maximum atomic E-state index is 12.3. The number of carbonyl (C=O) groups is 1. The van der Waals surface area contributed by atoms with Crippen molar-refractivity contribution < 1.29 is 23.1 Å². The summed E-state index contributed by atoms with van der Waals surface area (Å²) >= 11 is 0. The summed E-state index contributed by atoms with van der Waals surface area (Å²) in [6.45, 7) is 2.36. The second-order valence-corrected chi connectivity index (χ2v) is 6.55. The topological polar surface area (TPSA) is 92.7 Å². The summed E-state index contributed by atoms with van der Waals surface area (Å²) in [7, 11) is -3.65. The molecule has 2 unspecified atom stereocenters. The Balaban J connectivity index is 2.20. The van der Waals surface area contributed by atoms with Gasteiger partial charge >= 0.3 is 5.97 Å². The van der Waals surface area contributed by atoms with Crippen LogP contribution in [0.3, 0.4) is 0 Å². The summed E-state index contributed by atoms with van der Waals surface area (Å²) in [4.78, 5) is 10.6. The van der Waals surface area contributed by atoms with Crippen molar-refractivity contribution in [3.8, 4) is 0 Å². The van der Waals surface area contributed by atoms with Crippen molar-refractivity contribution in [2.45, 2.75) is 30.4 Å². The minimum absolute atomic E-state index is 0.106. The van der Waals surface area contributed by atoms with Gasteiger partial charge in [0.05, 0.1) is 17.0 Å². The van der Waals surface area contributed by atoms with Crippen molar-refractivity contribution in [3.63, 3.8) is 0 Å². The average Bonchev–Trinajstić information content (AvgIpc) is 2.82. The lowest BCUT2D eigenvalue weighted by Gasteiger charge is -2.16. The van der Waals surface area contributed by atoms with Crippen LogP contribution in [0.25, 0.3) is 6.08 Å². The molecule has 0 spiro atoms. The maximum absolute atomic E-state index is 12.3. The number of carboxylic acid groups (broad SMARTS) is 1. The number of carboxylic acids is 1. The molecule has 0 radical (unpaired) electrons. The molecule has 114 valence electrons. The van der Waals surface area contributed by atoms with E-state index in [0.29, 0.717) is 18.6 Å². The van der Waals surface area contributed by atoms with Crippen molar-refractivity contribution in [2.75, 3.05) is 6.61 Å². The molecule has 0 aromatic heterocycles. The first kappa shape index (κ1) is 15.7. The predicted molar refractivity (Wildman–Crippen MR) is 77.3 cm³/mol. The molecule has 1 saturated heterocycles. The molecular weight excluding hydrogens is 294 g/mol. The smallest absolute Gasteiger partial charge is 0.328 e. The van der Waals surface area contributed by atoms with E-state index < -0.39 is 16.0 Å². The van der Waals surface area contributed by atoms with Crippen molar-refractivity contribution in [1.29, 1.82) is 0 Å². The third kappa shape index (κ3) is 4.13. The van der Waals surface area contributed by atoms with Gasteiger partial charge in [0, 0.05) is 12.7 Å². The quantitative estimate of drug-likeness (QED) is 0.798. The van der Waals surface area contributed by atoms with E-state index in [2.05, 4.69) is 4.72 Å². The molecule has 1 aromatic carbocycles. The monoisotopic (exact) mass is 311 g/mol. The molecule has 1 fully saturated rings. The predicted octanol–water partition coefficient (Wildman–Crippen LogP) is 1.24. The summed E-state index contributed by atoms with van der Waals surface area (Å²) in [5.41, 5.74) is 0.510. The summed E-state index contributed by atoms with van der Waals surface area (Å²) in [6.07, 6.45) is 2.79. The van der Waals surface area contributed by atoms with Crippen LogP contribution in [0.2, 0.25) is 0 Å². The van der Waals surface area contributed by atoms with Crippen LogP contribution in [-0.2, 0) is 19.6 Å². The van der Waals surface area contributed by atoms with Gasteiger partial charge in [0.1, 0.15) is 0 Å². The zero-order valence-corrected chi connectivity index (χ0v) is 12.3. The number of sulfonamides is 1. The zero-order chi connectivity index (χ0) is 15.5. The molecule has 0 bridgehead atoms. The lowest BCUT2D eigenvalue weighted by molar-refractivity contribution is -0.131. The number of aliphatic carboxylic acids is 1. The standard InChI is InChI=1S/C14H17NO5S/c1-10-13(7-8-20-10)15-21(18,19)12-4-2-3-11(9-12)5-6-14(16)17/h2-6,9-10,13,15H,7-8H2,1H3,(H,16,17)/b6-5+. The molecular formula is C14H17NO5S. The van der Waals surface area contributed by atoms with E-state index in [-0.39, 0.29) is 17.0 Å². The Hall–Kier alpha value is -1.70. The lowest BCUT2D eigenvalue weighted by Crippen LogP contribution is -2.39. The molecule has 0 aliphatic carbocycles. The molecule has 2 rings (SSSR count). The first-order valence-electron chi connectivity index (χ1n) is 6.53. The van der Waals surface area contributed by atoms with Crippen LogP contribution in [0, 0.1) is 0 Å². The van der Waals surface area contributed by atoms with Gasteiger partial charge in [-0.2, -0.15) is 0 Å². The van der Waals surface area contributed by atoms with Crippen molar-refractivity contribution in [2.24, 2.45) is 0 Å². The van der Waals surface area contributed by atoms with Crippen molar-refractivity contribution in [1.82, 2.24) is 4.72 Å². The molecule has 21 heavy (non-hydrogen) atoms. The maximum Gasteiger partial charge on any atom is 0.328 e. The molecule has 1 aliphatic rings. The van der Waals surface area contributed by atoms with Gasteiger partial charge in [-0.15, -0.1) is 0 Å². The number of benzene rings is 1. The largest absolute Gasteiger partial charge is 0.478 e. The molecule has 0 amide bonds. The normalized spacial score (nSPS) is 22.7. The third-order valence-corrected chi connectivity index (χ3v) is 4.76. The highest BCUT2D eigenvalue weighted by Gasteiger charge is 2.29. The van der Waals surface area contributed by atoms with Crippen LogP contribution in [0.4, 0.5) is 0 Å². The van der Waals surface area contributed by atoms with Crippen LogP contribution in [-0.4, -0.2) is 38.2 Å². The highest BCUT2D eigenvalue weighted by Crippen LogP contribution is 2.18.